The third-order valence-electron chi connectivity index (χ3n) is 0.445. The second-order valence-electron chi connectivity index (χ2n) is 1.42. The lowest BCUT2D eigenvalue weighted by Crippen LogP contribution is -2.19. The Morgan fingerprint density at radius 1 is 1.67 bits per heavy atom. The van der Waals surface area contributed by atoms with E-state index in [9.17, 15) is 9.59 Å². The van der Waals surface area contributed by atoms with Gasteiger partial charge in [0.15, 0.2) is 11.6 Å². The minimum absolute atomic E-state index is 0.407. The highest BCUT2D eigenvalue weighted by Crippen LogP contribution is 1.64. The van der Waals surface area contributed by atoms with Gasteiger partial charge in [0.2, 0.25) is 15.7 Å². The van der Waals surface area contributed by atoms with Crippen molar-refractivity contribution in [3.63, 3.8) is 0 Å². The van der Waals surface area contributed by atoms with Gasteiger partial charge in [0, 0.05) is 0 Å². The summed E-state index contributed by atoms with van der Waals surface area (Å²) in [6.07, 6.45) is -0.417. The van der Waals surface area contributed by atoms with E-state index in [1.807, 2.05) is 5.32 Å². The maximum atomic E-state index is 10.2. The molecule has 0 fully saturated rings. The molecule has 1 N–H and O–H groups in total. The molecule has 0 aliphatic rings. The van der Waals surface area contributed by atoms with E-state index in [2.05, 4.69) is 4.99 Å². The predicted octanol–water partition coefficient (Wildman–Crippen LogP) is -1.89. The number of nitrogens with one attached hydrogen (secondary N) is 1. The fourth-order valence-corrected chi connectivity index (χ4v) is 0.185. The van der Waals surface area contributed by atoms with Gasteiger partial charge >= 0.3 is 0 Å². The SMILES string of the molecule is [3H]/C(=N/C(B)=O)NC(B)=O. The van der Waals surface area contributed by atoms with E-state index in [1.54, 1.807) is 0 Å². The van der Waals surface area contributed by atoms with Gasteiger partial charge in [0.25, 0.3) is 0 Å². The van der Waals surface area contributed by atoms with Gasteiger partial charge in [0.1, 0.15) is 1.37 Å². The molecule has 0 saturated carbocycles. The van der Waals surface area contributed by atoms with Crippen LogP contribution in [0.2, 0.25) is 0 Å². The van der Waals surface area contributed by atoms with Crippen LogP contribution in [-0.2, 0) is 0 Å². The Kier molecular flexibility index (Phi) is 2.62. The number of aliphatic imine (C=N–C) groups is 1. The lowest BCUT2D eigenvalue weighted by Gasteiger charge is -1.86. The van der Waals surface area contributed by atoms with Crippen LogP contribution in [0.5, 0.6) is 0 Å². The van der Waals surface area contributed by atoms with Gasteiger partial charge in [-0.15, -0.1) is 0 Å². The van der Waals surface area contributed by atoms with Crippen LogP contribution in [-0.4, -0.2) is 33.6 Å². The average Bonchev–Trinajstić information content (AvgIpc) is 1.58. The molecule has 0 aliphatic heterocycles. The van der Waals surface area contributed by atoms with Gasteiger partial charge in [-0.1, -0.05) is 0 Å². The van der Waals surface area contributed by atoms with Gasteiger partial charge in [-0.05, 0) is 0 Å². The first-order valence-electron chi connectivity index (χ1n) is 2.86. The number of nitrogens with zero attached hydrogens (tertiary/aromatic N) is 1. The minimum atomic E-state index is -0.501. The minimum Gasteiger partial charge on any atom is -0.326 e. The van der Waals surface area contributed by atoms with Gasteiger partial charge < -0.3 is 5.32 Å². The van der Waals surface area contributed by atoms with E-state index >= 15 is 0 Å². The Bertz CT molecular complexity index is 193. The van der Waals surface area contributed by atoms with Gasteiger partial charge in [-0.2, -0.15) is 0 Å². The van der Waals surface area contributed by atoms with Crippen molar-refractivity contribution in [3.05, 3.63) is 0 Å². The first-order chi connectivity index (χ1) is 4.52. The Hall–Kier alpha value is -1.06. The predicted molar refractivity (Wildman–Crippen MR) is 39.5 cm³/mol. The second-order valence-corrected chi connectivity index (χ2v) is 1.42. The summed E-state index contributed by atoms with van der Waals surface area (Å²) in [5.74, 6) is -0.909. The van der Waals surface area contributed by atoms with Crippen LogP contribution in [0.3, 0.4) is 0 Å². The van der Waals surface area contributed by atoms with E-state index in [0.717, 1.165) is 0 Å². The largest absolute Gasteiger partial charge is 0.326 e. The number of rotatable bonds is 0. The monoisotopic (exact) mass is 126 g/mol. The van der Waals surface area contributed by atoms with Crippen molar-refractivity contribution in [2.45, 2.75) is 0 Å². The Morgan fingerprint density at radius 2 is 2.22 bits per heavy atom. The van der Waals surface area contributed by atoms with Crippen LogP contribution in [0.25, 0.3) is 0 Å². The second kappa shape index (κ2) is 3.88. The van der Waals surface area contributed by atoms with Crippen LogP contribution >= 0.6 is 0 Å². The van der Waals surface area contributed by atoms with Crippen LogP contribution in [0, 0.1) is 0 Å². The fraction of sp³-hybridized carbons (Fsp3) is 0. The molecule has 0 aromatic rings. The fourth-order valence-electron chi connectivity index (χ4n) is 0.185. The quantitative estimate of drug-likeness (QED) is 0.234. The molecule has 2 amide bonds. The molecule has 0 bridgehead atoms. The Balaban J connectivity index is 3.95. The first kappa shape index (κ1) is 6.07. The highest BCUT2D eigenvalue weighted by molar-refractivity contribution is 6.59. The number of hydrogen-bond donors (Lipinski definition) is 1. The lowest BCUT2D eigenvalue weighted by molar-refractivity contribution is 0.263. The van der Waals surface area contributed by atoms with Gasteiger partial charge in [-0.3, -0.25) is 9.59 Å². The lowest BCUT2D eigenvalue weighted by atomic mass is 10.1. The smallest absolute Gasteiger partial charge is 0.218 e. The third-order valence-corrected chi connectivity index (χ3v) is 0.445. The number of hydrogen-bond acceptors (Lipinski definition) is 2. The van der Waals surface area contributed by atoms with Gasteiger partial charge in [-0.25, -0.2) is 4.99 Å². The molecule has 0 aromatic carbocycles. The maximum absolute atomic E-state index is 10.2. The summed E-state index contributed by atoms with van der Waals surface area (Å²) in [5, 5.41) is 2.03. The van der Waals surface area contributed by atoms with E-state index in [1.165, 1.54) is 15.7 Å². The standard InChI is InChI=1S/C3H6B2N2O2/c4-2(8)6-1-7-3(5)9/h1H,4-5H2,(H,6,7,8,9)/i1T. The third kappa shape index (κ3) is 6.94. The maximum Gasteiger partial charge on any atom is 0.218 e. The Morgan fingerprint density at radius 3 is 2.56 bits per heavy atom. The van der Waals surface area contributed by atoms with Crippen molar-refractivity contribution >= 4 is 33.6 Å². The summed E-state index contributed by atoms with van der Waals surface area (Å²) >= 11 is 0. The molecule has 46 valence electrons. The summed E-state index contributed by atoms with van der Waals surface area (Å²) in [6.45, 7) is 0. The van der Waals surface area contributed by atoms with Crippen molar-refractivity contribution in [1.82, 2.24) is 5.32 Å². The number of carbonyl (C=O) groups excluding carboxylic acids is 2. The summed E-state index contributed by atoms with van der Waals surface area (Å²) in [4.78, 5) is 23.5. The summed E-state index contributed by atoms with van der Waals surface area (Å²) in [5.41, 5.74) is 0. The highest BCUT2D eigenvalue weighted by atomic mass is 16.1. The van der Waals surface area contributed by atoms with Crippen LogP contribution in [0.1, 0.15) is 1.37 Å². The molecule has 0 rings (SSSR count). The van der Waals surface area contributed by atoms with Crippen molar-refractivity contribution in [2.75, 3.05) is 0 Å². The molecule has 0 unspecified atom stereocenters. The Labute approximate surface area is 55.9 Å². The highest BCUT2D eigenvalue weighted by Gasteiger charge is 1.84. The molecule has 0 radical (unpaired) electrons. The van der Waals surface area contributed by atoms with E-state index in [4.69, 9.17) is 1.37 Å². The van der Waals surface area contributed by atoms with Crippen LogP contribution in [0.4, 0.5) is 9.59 Å². The molecule has 9 heavy (non-hydrogen) atoms. The number of carbonyl (C=O) groups is 2. The molecule has 0 heterocycles. The summed E-state index contributed by atoms with van der Waals surface area (Å²) < 4.78 is 6.83. The van der Waals surface area contributed by atoms with Crippen molar-refractivity contribution in [1.29, 1.82) is 0 Å². The zero-order valence-corrected chi connectivity index (χ0v) is 5.26. The zero-order chi connectivity index (χ0) is 8.15. The van der Waals surface area contributed by atoms with Crippen molar-refractivity contribution in [2.24, 2.45) is 4.99 Å². The summed E-state index contributed by atoms with van der Waals surface area (Å²) in [6, 6.07) is 0. The van der Waals surface area contributed by atoms with Crippen LogP contribution in [0.15, 0.2) is 4.99 Å². The van der Waals surface area contributed by atoms with Crippen molar-refractivity contribution < 1.29 is 11.0 Å². The molecule has 0 aliphatic carbocycles. The van der Waals surface area contributed by atoms with Crippen LogP contribution < -0.4 is 5.32 Å². The number of amides is 2. The molecule has 6 heteroatoms. The molecular formula is C3H6B2N2O2. The van der Waals surface area contributed by atoms with E-state index in [-0.39, 0.29) is 0 Å². The van der Waals surface area contributed by atoms with Crippen molar-refractivity contribution in [3.8, 4) is 0 Å². The first-order valence-corrected chi connectivity index (χ1v) is 2.36. The summed E-state index contributed by atoms with van der Waals surface area (Å²) in [7, 11) is 2.44. The molecular weight excluding hydrogens is 118 g/mol. The molecule has 0 spiro atoms. The molecule has 0 atom stereocenters. The molecule has 4 nitrogen and oxygen atoms in total. The topological polar surface area (TPSA) is 58.5 Å². The molecule has 0 aromatic heterocycles. The zero-order valence-electron chi connectivity index (χ0n) is 6.26. The average molecular weight is 126 g/mol. The number of amidine groups is 1. The van der Waals surface area contributed by atoms with E-state index < -0.39 is 17.9 Å². The van der Waals surface area contributed by atoms with Gasteiger partial charge in [0.05, 0.1) is 6.31 Å². The molecule has 0 saturated heterocycles. The normalized spacial score (nSPS) is 12.0. The van der Waals surface area contributed by atoms with E-state index in [0.29, 0.717) is 0 Å².